The number of carbonyl (C=O) groups excluding carboxylic acids is 1. The number of rotatable bonds is 6. The number of ether oxygens (including phenoxy) is 1. The third-order valence-electron chi connectivity index (χ3n) is 5.22. The summed E-state index contributed by atoms with van der Waals surface area (Å²) in [6.45, 7) is 7.31. The molecule has 0 spiro atoms. The fourth-order valence-electron chi connectivity index (χ4n) is 3.51. The van der Waals surface area contributed by atoms with Crippen molar-refractivity contribution >= 4 is 22.6 Å². The number of fused-ring (bicyclic) bond motifs is 1. The van der Waals surface area contributed by atoms with E-state index in [0.29, 0.717) is 18.0 Å². The van der Waals surface area contributed by atoms with Crippen molar-refractivity contribution in [3.8, 4) is 5.75 Å². The van der Waals surface area contributed by atoms with Gasteiger partial charge in [0, 0.05) is 0 Å². The second kappa shape index (κ2) is 9.02. The van der Waals surface area contributed by atoms with E-state index < -0.39 is 29.4 Å². The Hall–Kier alpha value is -3.36. The van der Waals surface area contributed by atoms with Gasteiger partial charge in [0.15, 0.2) is 0 Å². The van der Waals surface area contributed by atoms with Crippen molar-refractivity contribution in [2.24, 2.45) is 0 Å². The second-order valence-electron chi connectivity index (χ2n) is 7.40. The zero-order valence-electron chi connectivity index (χ0n) is 18.2. The monoisotopic (exact) mass is 447 g/mol. The molecule has 6 nitrogen and oxygen atoms in total. The molecule has 1 aromatic heterocycles. The summed E-state index contributed by atoms with van der Waals surface area (Å²) in [4.78, 5) is 29.7. The van der Waals surface area contributed by atoms with Crippen LogP contribution in [0.3, 0.4) is 0 Å². The van der Waals surface area contributed by atoms with Crippen LogP contribution in [-0.2, 0) is 11.0 Å². The number of aryl methyl sites for hydroxylation is 2. The molecule has 1 atom stereocenters. The third-order valence-corrected chi connectivity index (χ3v) is 5.22. The van der Waals surface area contributed by atoms with E-state index in [0.717, 1.165) is 15.7 Å². The average Bonchev–Trinajstić information content (AvgIpc) is 2.72. The van der Waals surface area contributed by atoms with Crippen LogP contribution in [0.25, 0.3) is 11.0 Å². The van der Waals surface area contributed by atoms with E-state index in [1.807, 2.05) is 0 Å². The van der Waals surface area contributed by atoms with Crippen molar-refractivity contribution in [3.05, 3.63) is 63.6 Å². The summed E-state index contributed by atoms with van der Waals surface area (Å²) in [7, 11) is 0. The first kappa shape index (κ1) is 23.3. The van der Waals surface area contributed by atoms with Gasteiger partial charge in [0.25, 0.3) is 5.56 Å². The Balaban J connectivity index is 2.19. The van der Waals surface area contributed by atoms with E-state index in [2.05, 4.69) is 10.3 Å². The number of anilines is 1. The summed E-state index contributed by atoms with van der Waals surface area (Å²) >= 11 is 0. The van der Waals surface area contributed by atoms with Crippen LogP contribution in [0, 0.1) is 13.8 Å². The lowest BCUT2D eigenvalue weighted by Crippen LogP contribution is -2.37. The quantitative estimate of drug-likeness (QED) is 0.576. The number of amides is 1. The van der Waals surface area contributed by atoms with Gasteiger partial charge in [0.2, 0.25) is 11.6 Å². The zero-order valence-corrected chi connectivity index (χ0v) is 18.2. The van der Waals surface area contributed by atoms with Crippen molar-refractivity contribution in [2.45, 2.75) is 46.3 Å². The highest BCUT2D eigenvalue weighted by Gasteiger charge is 2.39. The van der Waals surface area contributed by atoms with Crippen LogP contribution < -0.4 is 15.6 Å². The van der Waals surface area contributed by atoms with Crippen molar-refractivity contribution in [2.75, 3.05) is 11.9 Å². The van der Waals surface area contributed by atoms with E-state index in [1.54, 1.807) is 58.0 Å². The maximum absolute atomic E-state index is 13.6. The molecule has 0 saturated carbocycles. The zero-order chi connectivity index (χ0) is 23.6. The van der Waals surface area contributed by atoms with Gasteiger partial charge in [-0.1, -0.05) is 19.1 Å². The van der Waals surface area contributed by atoms with Crippen LogP contribution in [0.5, 0.6) is 5.75 Å². The van der Waals surface area contributed by atoms with Gasteiger partial charge in [-0.2, -0.15) is 13.2 Å². The number of aromatic nitrogens is 2. The van der Waals surface area contributed by atoms with E-state index in [4.69, 9.17) is 4.74 Å². The molecule has 0 fully saturated rings. The van der Waals surface area contributed by atoms with Crippen LogP contribution in [0.4, 0.5) is 18.9 Å². The minimum Gasteiger partial charge on any atom is -0.492 e. The number of hydrogen-bond acceptors (Lipinski definition) is 4. The Bertz CT molecular complexity index is 1220. The number of benzene rings is 2. The molecule has 1 unspecified atom stereocenters. The molecule has 1 N–H and O–H groups in total. The molecule has 0 radical (unpaired) electrons. The fraction of sp³-hybridized carbons (Fsp3) is 0.348. The van der Waals surface area contributed by atoms with Crippen molar-refractivity contribution < 1.29 is 22.7 Å². The highest BCUT2D eigenvalue weighted by molar-refractivity contribution is 5.96. The molecule has 1 amide bonds. The van der Waals surface area contributed by atoms with Crippen LogP contribution in [0.2, 0.25) is 0 Å². The molecule has 2 aromatic carbocycles. The predicted molar refractivity (Wildman–Crippen MR) is 116 cm³/mol. The first-order chi connectivity index (χ1) is 15.1. The molecule has 0 bridgehead atoms. The van der Waals surface area contributed by atoms with Gasteiger partial charge in [-0.3, -0.25) is 14.2 Å². The highest BCUT2D eigenvalue weighted by Crippen LogP contribution is 2.30. The van der Waals surface area contributed by atoms with Crippen LogP contribution in [-0.4, -0.2) is 22.1 Å². The average molecular weight is 447 g/mol. The van der Waals surface area contributed by atoms with Crippen molar-refractivity contribution in [3.63, 3.8) is 0 Å². The summed E-state index contributed by atoms with van der Waals surface area (Å²) in [6.07, 6.45) is -4.87. The normalized spacial score (nSPS) is 12.6. The lowest BCUT2D eigenvalue weighted by atomic mass is 10.1. The summed E-state index contributed by atoms with van der Waals surface area (Å²) < 4.78 is 47.2. The molecule has 9 heteroatoms. The van der Waals surface area contributed by atoms with Crippen LogP contribution in [0.1, 0.15) is 43.1 Å². The Morgan fingerprint density at radius 1 is 1.16 bits per heavy atom. The van der Waals surface area contributed by atoms with E-state index in [9.17, 15) is 22.8 Å². The molecule has 0 aliphatic carbocycles. The molecule has 0 aliphatic heterocycles. The fourth-order valence-corrected chi connectivity index (χ4v) is 3.51. The molecule has 3 aromatic rings. The maximum atomic E-state index is 13.6. The Kier molecular flexibility index (Phi) is 6.57. The number of nitrogens with one attached hydrogen (secondary N) is 1. The Morgan fingerprint density at radius 3 is 2.44 bits per heavy atom. The number of nitrogens with zero attached hydrogens (tertiary/aromatic N) is 2. The number of hydrogen-bond donors (Lipinski definition) is 1. The Morgan fingerprint density at radius 2 is 1.81 bits per heavy atom. The van der Waals surface area contributed by atoms with E-state index in [1.165, 1.54) is 6.07 Å². The number of alkyl halides is 3. The van der Waals surface area contributed by atoms with Gasteiger partial charge in [0.1, 0.15) is 11.8 Å². The van der Waals surface area contributed by atoms with Gasteiger partial charge >= 0.3 is 6.18 Å². The Labute approximate surface area is 183 Å². The lowest BCUT2D eigenvalue weighted by Gasteiger charge is -2.22. The molecule has 1 heterocycles. The summed E-state index contributed by atoms with van der Waals surface area (Å²) in [5, 5.41) is 2.70. The van der Waals surface area contributed by atoms with E-state index >= 15 is 0 Å². The second-order valence-corrected chi connectivity index (χ2v) is 7.40. The van der Waals surface area contributed by atoms with Gasteiger partial charge in [-0.25, -0.2) is 4.98 Å². The summed E-state index contributed by atoms with van der Waals surface area (Å²) in [5.41, 5.74) is -0.863. The van der Waals surface area contributed by atoms with Gasteiger partial charge in [-0.05, 0) is 62.6 Å². The van der Waals surface area contributed by atoms with Crippen LogP contribution in [0.15, 0.2) is 41.2 Å². The van der Waals surface area contributed by atoms with E-state index in [-0.39, 0.29) is 17.5 Å². The number of carbonyl (C=O) groups is 1. The van der Waals surface area contributed by atoms with Crippen molar-refractivity contribution in [1.82, 2.24) is 9.55 Å². The third kappa shape index (κ3) is 4.46. The molecule has 170 valence electrons. The highest BCUT2D eigenvalue weighted by atomic mass is 19.4. The predicted octanol–water partition coefficient (Wildman–Crippen LogP) is 5.02. The summed E-state index contributed by atoms with van der Waals surface area (Å²) in [6, 6.07) is 8.61. The minimum absolute atomic E-state index is 0.000918. The van der Waals surface area contributed by atoms with Crippen molar-refractivity contribution in [1.29, 1.82) is 0 Å². The molecule has 0 aliphatic rings. The molecular formula is C23H24F3N3O3. The molecule has 0 saturated heterocycles. The topological polar surface area (TPSA) is 73.2 Å². The van der Waals surface area contributed by atoms with Crippen LogP contribution >= 0.6 is 0 Å². The minimum atomic E-state index is -4.96. The van der Waals surface area contributed by atoms with Gasteiger partial charge < -0.3 is 10.1 Å². The van der Waals surface area contributed by atoms with Gasteiger partial charge in [-0.15, -0.1) is 0 Å². The summed E-state index contributed by atoms with van der Waals surface area (Å²) in [5.74, 6) is -0.201. The molecule has 3 rings (SSSR count). The SMILES string of the molecule is CCOc1ccccc1NC(=O)C(CC)n1c(=O)c(C(F)(F)F)nc2cc(C)c(C)cc21. The number of para-hydroxylation sites is 2. The maximum Gasteiger partial charge on any atom is 0.438 e. The lowest BCUT2D eigenvalue weighted by molar-refractivity contribution is -0.142. The largest absolute Gasteiger partial charge is 0.492 e. The first-order valence-electron chi connectivity index (χ1n) is 10.2. The standard InChI is InChI=1S/C23H24F3N3O3/c1-5-17(21(30)28-15-9-7-8-10-19(15)32-6-2)29-18-12-14(4)13(3)11-16(18)27-20(22(29)31)23(24,25)26/h7-12,17H,5-6H2,1-4H3,(H,28,30). The van der Waals surface area contributed by atoms with Gasteiger partial charge in [0.05, 0.1) is 23.3 Å². The smallest absolute Gasteiger partial charge is 0.438 e. The molecular weight excluding hydrogens is 423 g/mol. The molecule has 32 heavy (non-hydrogen) atoms. The number of halogens is 3. The first-order valence-corrected chi connectivity index (χ1v) is 10.2.